The second kappa shape index (κ2) is 8.13. The summed E-state index contributed by atoms with van der Waals surface area (Å²) in [4.78, 5) is 0. The lowest BCUT2D eigenvalue weighted by atomic mass is 9.72. The fraction of sp³-hybridized carbons (Fsp3) is 1.00. The molecule has 0 aromatic rings. The van der Waals surface area contributed by atoms with Crippen molar-refractivity contribution in [1.82, 2.24) is 5.32 Å². The molecule has 104 valence electrons. The van der Waals surface area contributed by atoms with E-state index in [0.29, 0.717) is 10.8 Å². The molecule has 0 radical (unpaired) electrons. The smallest absolute Gasteiger partial charge is 0.000759 e. The third kappa shape index (κ3) is 7.81. The lowest BCUT2D eigenvalue weighted by molar-refractivity contribution is 0.178. The van der Waals surface area contributed by atoms with E-state index in [2.05, 4.69) is 46.9 Å². The van der Waals surface area contributed by atoms with Gasteiger partial charge in [-0.25, -0.2) is 0 Å². The molecule has 0 aliphatic carbocycles. The Morgan fingerprint density at radius 1 is 0.882 bits per heavy atom. The molecule has 0 spiro atoms. The lowest BCUT2D eigenvalue weighted by Crippen LogP contribution is -2.35. The molecule has 17 heavy (non-hydrogen) atoms. The summed E-state index contributed by atoms with van der Waals surface area (Å²) >= 11 is 0. The molecule has 0 saturated carbocycles. The van der Waals surface area contributed by atoms with Crippen LogP contribution in [0.3, 0.4) is 0 Å². The van der Waals surface area contributed by atoms with Crippen LogP contribution >= 0.6 is 0 Å². The number of unbranched alkanes of at least 4 members (excludes halogenated alkanes) is 1. The minimum Gasteiger partial charge on any atom is -0.316 e. The molecule has 0 saturated heterocycles. The second-order valence-electron chi connectivity index (χ2n) is 6.80. The first-order valence-electron chi connectivity index (χ1n) is 7.60. The summed E-state index contributed by atoms with van der Waals surface area (Å²) in [5.74, 6) is 0. The van der Waals surface area contributed by atoms with Crippen LogP contribution in [-0.4, -0.2) is 13.1 Å². The van der Waals surface area contributed by atoms with Gasteiger partial charge in [0.15, 0.2) is 0 Å². The summed E-state index contributed by atoms with van der Waals surface area (Å²) in [6, 6.07) is 0. The highest BCUT2D eigenvalue weighted by Gasteiger charge is 2.28. The Morgan fingerprint density at radius 2 is 1.53 bits per heavy atom. The van der Waals surface area contributed by atoms with Crippen molar-refractivity contribution in [1.29, 1.82) is 0 Å². The van der Waals surface area contributed by atoms with Crippen LogP contribution in [0.1, 0.15) is 80.1 Å². The lowest BCUT2D eigenvalue weighted by Gasteiger charge is -2.36. The van der Waals surface area contributed by atoms with Crippen LogP contribution in [-0.2, 0) is 0 Å². The molecule has 0 aromatic heterocycles. The SMILES string of the molecule is CCCCC(CC)(CCC(C)(C)C)CNCC. The Hall–Kier alpha value is -0.0400. The Labute approximate surface area is 110 Å². The predicted molar refractivity (Wildman–Crippen MR) is 79.5 cm³/mol. The molecule has 0 aromatic carbocycles. The topological polar surface area (TPSA) is 12.0 Å². The molecular formula is C16H35N. The first kappa shape index (κ1) is 17.0. The molecule has 0 fully saturated rings. The summed E-state index contributed by atoms with van der Waals surface area (Å²) < 4.78 is 0. The number of nitrogens with one attached hydrogen (secondary N) is 1. The summed E-state index contributed by atoms with van der Waals surface area (Å²) in [6.45, 7) is 16.3. The van der Waals surface area contributed by atoms with Crippen LogP contribution in [0.15, 0.2) is 0 Å². The third-order valence-electron chi connectivity index (χ3n) is 3.97. The van der Waals surface area contributed by atoms with Gasteiger partial charge in [0.2, 0.25) is 0 Å². The second-order valence-corrected chi connectivity index (χ2v) is 6.80. The zero-order chi connectivity index (χ0) is 13.4. The molecule has 1 N–H and O–H groups in total. The summed E-state index contributed by atoms with van der Waals surface area (Å²) in [7, 11) is 0. The van der Waals surface area contributed by atoms with Gasteiger partial charge >= 0.3 is 0 Å². The van der Waals surface area contributed by atoms with Gasteiger partial charge in [-0.2, -0.15) is 0 Å². The van der Waals surface area contributed by atoms with Gasteiger partial charge in [-0.15, -0.1) is 0 Å². The van der Waals surface area contributed by atoms with E-state index in [4.69, 9.17) is 0 Å². The number of hydrogen-bond acceptors (Lipinski definition) is 1. The van der Waals surface area contributed by atoms with E-state index in [0.717, 1.165) is 6.54 Å². The van der Waals surface area contributed by atoms with Crippen molar-refractivity contribution in [2.75, 3.05) is 13.1 Å². The molecular weight excluding hydrogens is 206 g/mol. The average molecular weight is 241 g/mol. The van der Waals surface area contributed by atoms with E-state index in [-0.39, 0.29) is 0 Å². The fourth-order valence-corrected chi connectivity index (χ4v) is 2.36. The van der Waals surface area contributed by atoms with Crippen LogP contribution in [0.5, 0.6) is 0 Å². The molecule has 1 atom stereocenters. The van der Waals surface area contributed by atoms with E-state index in [9.17, 15) is 0 Å². The van der Waals surface area contributed by atoms with Crippen molar-refractivity contribution in [3.05, 3.63) is 0 Å². The Bertz CT molecular complexity index is 170. The van der Waals surface area contributed by atoms with Gasteiger partial charge < -0.3 is 5.32 Å². The number of hydrogen-bond donors (Lipinski definition) is 1. The highest BCUT2D eigenvalue weighted by Crippen LogP contribution is 2.37. The highest BCUT2D eigenvalue weighted by molar-refractivity contribution is 4.82. The molecule has 0 amide bonds. The predicted octanol–water partition coefficient (Wildman–Crippen LogP) is 5.01. The molecule has 0 bridgehead atoms. The Balaban J connectivity index is 4.43. The van der Waals surface area contributed by atoms with Gasteiger partial charge in [0, 0.05) is 6.54 Å². The third-order valence-corrected chi connectivity index (χ3v) is 3.97. The Morgan fingerprint density at radius 3 is 1.94 bits per heavy atom. The molecule has 0 heterocycles. The zero-order valence-electron chi connectivity index (χ0n) is 13.2. The van der Waals surface area contributed by atoms with E-state index < -0.39 is 0 Å². The van der Waals surface area contributed by atoms with Crippen molar-refractivity contribution < 1.29 is 0 Å². The molecule has 1 nitrogen and oxygen atoms in total. The van der Waals surface area contributed by atoms with Gasteiger partial charge in [-0.05, 0) is 43.1 Å². The van der Waals surface area contributed by atoms with Gasteiger partial charge in [0.25, 0.3) is 0 Å². The standard InChI is InChI=1S/C16H35N/c1-7-10-11-16(8-2,14-17-9-3)13-12-15(4,5)6/h17H,7-14H2,1-6H3. The number of rotatable bonds is 9. The van der Waals surface area contributed by atoms with Crippen LogP contribution < -0.4 is 5.32 Å². The minimum atomic E-state index is 0.471. The maximum Gasteiger partial charge on any atom is 0.000759 e. The van der Waals surface area contributed by atoms with Crippen LogP contribution in [0.2, 0.25) is 0 Å². The van der Waals surface area contributed by atoms with E-state index in [1.165, 1.54) is 45.1 Å². The normalized spacial score (nSPS) is 15.9. The molecule has 1 unspecified atom stereocenters. The van der Waals surface area contributed by atoms with Gasteiger partial charge in [-0.1, -0.05) is 54.4 Å². The van der Waals surface area contributed by atoms with E-state index in [1.54, 1.807) is 0 Å². The monoisotopic (exact) mass is 241 g/mol. The minimum absolute atomic E-state index is 0.471. The van der Waals surface area contributed by atoms with Crippen molar-refractivity contribution in [2.45, 2.75) is 80.1 Å². The van der Waals surface area contributed by atoms with Crippen LogP contribution in [0.4, 0.5) is 0 Å². The summed E-state index contributed by atoms with van der Waals surface area (Å²) in [5, 5.41) is 3.59. The quantitative estimate of drug-likeness (QED) is 0.598. The van der Waals surface area contributed by atoms with Gasteiger partial charge in [-0.3, -0.25) is 0 Å². The molecule has 0 aliphatic heterocycles. The van der Waals surface area contributed by atoms with E-state index >= 15 is 0 Å². The van der Waals surface area contributed by atoms with Crippen molar-refractivity contribution in [3.8, 4) is 0 Å². The van der Waals surface area contributed by atoms with Crippen LogP contribution in [0, 0.1) is 10.8 Å². The van der Waals surface area contributed by atoms with Crippen molar-refractivity contribution in [2.24, 2.45) is 10.8 Å². The fourth-order valence-electron chi connectivity index (χ4n) is 2.36. The van der Waals surface area contributed by atoms with Gasteiger partial charge in [0.1, 0.15) is 0 Å². The first-order valence-corrected chi connectivity index (χ1v) is 7.60. The van der Waals surface area contributed by atoms with Gasteiger partial charge in [0.05, 0.1) is 0 Å². The summed E-state index contributed by atoms with van der Waals surface area (Å²) in [6.07, 6.45) is 8.13. The Kier molecular flexibility index (Phi) is 8.11. The molecule has 1 heteroatoms. The maximum absolute atomic E-state index is 3.59. The first-order chi connectivity index (χ1) is 7.89. The van der Waals surface area contributed by atoms with Crippen molar-refractivity contribution >= 4 is 0 Å². The molecule has 0 aliphatic rings. The zero-order valence-corrected chi connectivity index (χ0v) is 13.2. The largest absolute Gasteiger partial charge is 0.316 e. The highest BCUT2D eigenvalue weighted by atomic mass is 14.9. The maximum atomic E-state index is 3.59. The van der Waals surface area contributed by atoms with Crippen molar-refractivity contribution in [3.63, 3.8) is 0 Å². The van der Waals surface area contributed by atoms with Crippen LogP contribution in [0.25, 0.3) is 0 Å². The molecule has 0 rings (SSSR count). The van der Waals surface area contributed by atoms with E-state index in [1.807, 2.05) is 0 Å². The summed E-state index contributed by atoms with van der Waals surface area (Å²) in [5.41, 5.74) is 1.01. The average Bonchev–Trinajstić information content (AvgIpc) is 2.28.